The number of carbonyl (C=O) groups excluding carboxylic acids is 1. The minimum atomic E-state index is -0.388. The number of imidazole rings is 1. The Balaban J connectivity index is 1.75. The highest BCUT2D eigenvalue weighted by atomic mass is 32.2. The number of aromatic amines is 2. The van der Waals surface area contributed by atoms with Gasteiger partial charge in [-0.2, -0.15) is 0 Å². The fourth-order valence-electron chi connectivity index (χ4n) is 3.78. The summed E-state index contributed by atoms with van der Waals surface area (Å²) in [6.07, 6.45) is 0. The lowest BCUT2D eigenvalue weighted by molar-refractivity contribution is -0.141. The number of para-hydroxylation sites is 1. The number of thioether (sulfide) groups is 1. The first-order valence-electron chi connectivity index (χ1n) is 8.07. The number of fused-ring (bicyclic) bond motifs is 5. The third-order valence-corrected chi connectivity index (χ3v) is 6.20. The summed E-state index contributed by atoms with van der Waals surface area (Å²) in [6, 6.07) is 17.4. The van der Waals surface area contributed by atoms with Crippen molar-refractivity contribution in [1.82, 2.24) is 9.97 Å². The molecule has 5 nitrogen and oxygen atoms in total. The van der Waals surface area contributed by atoms with Crippen LogP contribution < -0.4 is 10.4 Å². The highest BCUT2D eigenvalue weighted by molar-refractivity contribution is 7.99. The molecule has 3 atom stereocenters. The quantitative estimate of drug-likeness (QED) is 0.522. The lowest BCUT2D eigenvalue weighted by Gasteiger charge is -2.39. The fraction of sp³-hybridized carbons (Fsp3) is 0.158. The van der Waals surface area contributed by atoms with Gasteiger partial charge in [-0.15, -0.1) is 0 Å². The van der Waals surface area contributed by atoms with Crippen molar-refractivity contribution in [3.8, 4) is 5.75 Å². The Bertz CT molecular complexity index is 1020. The van der Waals surface area contributed by atoms with Crippen LogP contribution in [0.4, 0.5) is 0 Å². The second-order valence-corrected chi connectivity index (χ2v) is 7.39. The Morgan fingerprint density at radius 3 is 2.52 bits per heavy atom. The summed E-state index contributed by atoms with van der Waals surface area (Å²) in [6.45, 7) is 0. The SMILES string of the molecule is O=C1Oc2ccccc2C2c3[nH]c(=O)[nH]c3SC(c3ccccc3)C12. The van der Waals surface area contributed by atoms with Crippen molar-refractivity contribution < 1.29 is 9.53 Å². The van der Waals surface area contributed by atoms with Gasteiger partial charge in [0.05, 0.1) is 21.9 Å². The van der Waals surface area contributed by atoms with Crippen LogP contribution in [0.15, 0.2) is 64.4 Å². The number of nitrogens with one attached hydrogen (secondary N) is 2. The van der Waals surface area contributed by atoms with Gasteiger partial charge >= 0.3 is 11.7 Å². The third kappa shape index (κ3) is 2.17. The molecule has 25 heavy (non-hydrogen) atoms. The molecule has 2 aliphatic heterocycles. The number of carbonyl (C=O) groups is 1. The molecule has 1 aromatic heterocycles. The minimum Gasteiger partial charge on any atom is -0.426 e. The normalized spacial score (nSPS) is 24.0. The van der Waals surface area contributed by atoms with Crippen molar-refractivity contribution in [3.05, 3.63) is 81.9 Å². The minimum absolute atomic E-state index is 0.119. The van der Waals surface area contributed by atoms with Gasteiger partial charge in [0.15, 0.2) is 0 Å². The molecule has 5 rings (SSSR count). The number of rotatable bonds is 1. The van der Waals surface area contributed by atoms with Crippen LogP contribution in [0.1, 0.15) is 28.0 Å². The molecular formula is C19H14N2O3S. The average Bonchev–Trinajstić information content (AvgIpc) is 3.01. The summed E-state index contributed by atoms with van der Waals surface area (Å²) in [5, 5.41) is 0.676. The van der Waals surface area contributed by atoms with Gasteiger partial charge in [-0.25, -0.2) is 4.79 Å². The van der Waals surface area contributed by atoms with Gasteiger partial charge in [-0.1, -0.05) is 60.3 Å². The largest absolute Gasteiger partial charge is 0.426 e. The van der Waals surface area contributed by atoms with Crippen LogP contribution in [0.25, 0.3) is 0 Å². The van der Waals surface area contributed by atoms with Crippen molar-refractivity contribution in [3.63, 3.8) is 0 Å². The van der Waals surface area contributed by atoms with Crippen molar-refractivity contribution in [2.75, 3.05) is 0 Å². The lowest BCUT2D eigenvalue weighted by atomic mass is 9.77. The molecule has 3 unspecified atom stereocenters. The Labute approximate surface area is 147 Å². The number of H-pyrrole nitrogens is 2. The molecule has 0 saturated heterocycles. The first-order valence-corrected chi connectivity index (χ1v) is 8.95. The highest BCUT2D eigenvalue weighted by Gasteiger charge is 2.49. The maximum absolute atomic E-state index is 12.9. The van der Waals surface area contributed by atoms with E-state index in [-0.39, 0.29) is 28.7 Å². The van der Waals surface area contributed by atoms with Gasteiger partial charge < -0.3 is 14.7 Å². The summed E-state index contributed by atoms with van der Waals surface area (Å²) >= 11 is 1.51. The van der Waals surface area contributed by atoms with Gasteiger partial charge in [0.1, 0.15) is 5.75 Å². The molecular weight excluding hydrogens is 336 g/mol. The lowest BCUT2D eigenvalue weighted by Crippen LogP contribution is -2.38. The number of hydrogen-bond donors (Lipinski definition) is 2. The summed E-state index contributed by atoms with van der Waals surface area (Å²) in [7, 11) is 0. The highest BCUT2D eigenvalue weighted by Crippen LogP contribution is 2.57. The van der Waals surface area contributed by atoms with Gasteiger partial charge in [0.2, 0.25) is 0 Å². The molecule has 0 spiro atoms. The van der Waals surface area contributed by atoms with E-state index in [4.69, 9.17) is 4.74 Å². The predicted octanol–water partition coefficient (Wildman–Crippen LogP) is 3.22. The molecule has 6 heteroatoms. The van der Waals surface area contributed by atoms with E-state index in [2.05, 4.69) is 9.97 Å². The summed E-state index contributed by atoms with van der Waals surface area (Å²) in [5.74, 6) is -0.294. The Kier molecular flexibility index (Phi) is 3.15. The van der Waals surface area contributed by atoms with E-state index in [9.17, 15) is 9.59 Å². The second kappa shape index (κ2) is 5.39. The van der Waals surface area contributed by atoms with Gasteiger partial charge in [0.25, 0.3) is 0 Å². The number of hydrogen-bond acceptors (Lipinski definition) is 4. The first kappa shape index (κ1) is 14.6. The van der Waals surface area contributed by atoms with Crippen LogP contribution in [0, 0.1) is 5.92 Å². The standard InChI is InChI=1S/C19H14N2O3S/c22-18-14-13(11-8-4-5-9-12(11)24-18)15-17(21-19(23)20-15)25-16(14)10-6-2-1-3-7-10/h1-9,13-14,16H,(H2,20,21,23). The van der Waals surface area contributed by atoms with Crippen molar-refractivity contribution in [1.29, 1.82) is 0 Å². The van der Waals surface area contributed by atoms with Crippen molar-refractivity contribution in [2.24, 2.45) is 5.92 Å². The van der Waals surface area contributed by atoms with E-state index in [0.717, 1.165) is 21.8 Å². The monoisotopic (exact) mass is 350 g/mol. The molecule has 2 aliphatic rings. The van der Waals surface area contributed by atoms with E-state index in [1.165, 1.54) is 11.8 Å². The van der Waals surface area contributed by atoms with Crippen LogP contribution in [-0.4, -0.2) is 15.9 Å². The number of esters is 1. The number of aromatic nitrogens is 2. The summed E-state index contributed by atoms with van der Waals surface area (Å²) in [4.78, 5) is 30.5. The zero-order valence-electron chi connectivity index (χ0n) is 13.1. The molecule has 0 radical (unpaired) electrons. The molecule has 0 saturated carbocycles. The maximum Gasteiger partial charge on any atom is 0.323 e. The van der Waals surface area contributed by atoms with E-state index >= 15 is 0 Å². The molecule has 0 bridgehead atoms. The topological polar surface area (TPSA) is 75.0 Å². The Morgan fingerprint density at radius 2 is 1.68 bits per heavy atom. The van der Waals surface area contributed by atoms with Gasteiger partial charge in [-0.05, 0) is 11.6 Å². The van der Waals surface area contributed by atoms with Gasteiger partial charge in [0, 0.05) is 11.5 Å². The third-order valence-electron chi connectivity index (χ3n) is 4.83. The van der Waals surface area contributed by atoms with E-state index in [0.29, 0.717) is 5.75 Å². The smallest absolute Gasteiger partial charge is 0.323 e. The Morgan fingerprint density at radius 1 is 0.920 bits per heavy atom. The molecule has 0 aliphatic carbocycles. The number of benzene rings is 2. The molecule has 3 aromatic rings. The van der Waals surface area contributed by atoms with Crippen LogP contribution >= 0.6 is 11.8 Å². The second-order valence-electron chi connectivity index (χ2n) is 6.23. The van der Waals surface area contributed by atoms with Crippen molar-refractivity contribution in [2.45, 2.75) is 16.2 Å². The summed E-state index contributed by atoms with van der Waals surface area (Å²) in [5.41, 5.74) is 2.51. The zero-order chi connectivity index (χ0) is 17.0. The van der Waals surface area contributed by atoms with Crippen molar-refractivity contribution >= 4 is 17.7 Å². The first-order chi connectivity index (χ1) is 12.2. The molecule has 2 aromatic carbocycles. The van der Waals surface area contributed by atoms with Gasteiger partial charge in [-0.3, -0.25) is 4.79 Å². The molecule has 3 heterocycles. The number of ether oxygens (including phenoxy) is 1. The zero-order valence-corrected chi connectivity index (χ0v) is 13.9. The summed E-state index contributed by atoms with van der Waals surface area (Å²) < 4.78 is 5.62. The van der Waals surface area contributed by atoms with E-state index < -0.39 is 0 Å². The molecule has 2 N–H and O–H groups in total. The van der Waals surface area contributed by atoms with Crippen LogP contribution in [0.5, 0.6) is 5.75 Å². The average molecular weight is 350 g/mol. The fourth-order valence-corrected chi connectivity index (χ4v) is 5.20. The van der Waals surface area contributed by atoms with E-state index in [1.54, 1.807) is 6.07 Å². The molecule has 124 valence electrons. The predicted molar refractivity (Wildman–Crippen MR) is 93.9 cm³/mol. The molecule has 0 amide bonds. The molecule has 0 fully saturated rings. The van der Waals surface area contributed by atoms with Crippen LogP contribution in [0.3, 0.4) is 0 Å². The van der Waals surface area contributed by atoms with Crippen LogP contribution in [-0.2, 0) is 4.79 Å². The Hall–Kier alpha value is -2.73. The van der Waals surface area contributed by atoms with E-state index in [1.807, 2.05) is 48.5 Å². The maximum atomic E-state index is 12.9. The van der Waals surface area contributed by atoms with Crippen LogP contribution in [0.2, 0.25) is 0 Å².